The van der Waals surface area contributed by atoms with Gasteiger partial charge in [0.1, 0.15) is 11.4 Å². The molecule has 0 aromatic carbocycles. The Hall–Kier alpha value is -2.05. The maximum atomic E-state index is 6.08. The molecule has 106 valence electrons. The number of pyridine rings is 1. The average Bonchev–Trinajstić information content (AvgIpc) is 3.11. The first-order valence-electron chi connectivity index (χ1n) is 6.59. The van der Waals surface area contributed by atoms with Crippen LogP contribution < -0.4 is 10.7 Å². The third kappa shape index (κ3) is 2.16. The Bertz CT molecular complexity index is 780. The fourth-order valence-corrected chi connectivity index (χ4v) is 3.46. The number of nitrogens with zero attached hydrogens (tertiary/aromatic N) is 3. The summed E-state index contributed by atoms with van der Waals surface area (Å²) in [6.45, 7) is 1.71. The molecule has 7 heteroatoms. The predicted octanol–water partition coefficient (Wildman–Crippen LogP) is 3.30. The first-order valence-corrected chi connectivity index (χ1v) is 7.79. The second kappa shape index (κ2) is 5.05. The van der Waals surface area contributed by atoms with E-state index in [2.05, 4.69) is 15.7 Å². The number of halogens is 1. The lowest BCUT2D eigenvalue weighted by Crippen LogP contribution is -2.30. The molecule has 0 aliphatic carbocycles. The van der Waals surface area contributed by atoms with Gasteiger partial charge in [0.05, 0.1) is 9.21 Å². The number of anilines is 1. The van der Waals surface area contributed by atoms with Gasteiger partial charge in [-0.05, 0) is 24.3 Å². The largest absolute Gasteiger partial charge is 0.352 e. The van der Waals surface area contributed by atoms with Crippen LogP contribution in [0.4, 0.5) is 5.95 Å². The van der Waals surface area contributed by atoms with Crippen LogP contribution in [0.25, 0.3) is 21.8 Å². The van der Waals surface area contributed by atoms with Crippen molar-refractivity contribution in [2.75, 3.05) is 23.8 Å². The highest BCUT2D eigenvalue weighted by molar-refractivity contribution is 7.19. The number of nitrogens with one attached hydrogen (secondary N) is 2. The molecule has 4 heterocycles. The van der Waals surface area contributed by atoms with Crippen molar-refractivity contribution in [3.05, 3.63) is 41.0 Å². The summed E-state index contributed by atoms with van der Waals surface area (Å²) in [5, 5.41) is 3.32. The van der Waals surface area contributed by atoms with Crippen LogP contribution in [0.2, 0.25) is 4.34 Å². The fraction of sp³-hybridized carbons (Fsp3) is 0.143. The minimum absolute atomic E-state index is 0.762. The number of aromatic nitrogens is 3. The van der Waals surface area contributed by atoms with E-state index in [0.717, 1.165) is 45.2 Å². The molecule has 0 spiro atoms. The lowest BCUT2D eigenvalue weighted by molar-refractivity contribution is 0.798. The molecule has 0 amide bonds. The van der Waals surface area contributed by atoms with E-state index >= 15 is 0 Å². The van der Waals surface area contributed by atoms with Crippen LogP contribution >= 0.6 is 22.9 Å². The van der Waals surface area contributed by atoms with Crippen molar-refractivity contribution in [2.24, 2.45) is 0 Å². The first-order chi connectivity index (χ1) is 10.3. The summed E-state index contributed by atoms with van der Waals surface area (Å²) in [5.41, 5.74) is 6.39. The smallest absolute Gasteiger partial charge is 0.223 e. The summed E-state index contributed by atoms with van der Waals surface area (Å²) < 4.78 is 2.76. The zero-order valence-corrected chi connectivity index (χ0v) is 12.6. The zero-order chi connectivity index (χ0) is 14.2. The molecular formula is C14H12ClN5S. The van der Waals surface area contributed by atoms with E-state index in [1.807, 2.05) is 28.9 Å². The third-order valence-electron chi connectivity index (χ3n) is 3.32. The summed E-state index contributed by atoms with van der Waals surface area (Å²) in [5.74, 6) is 0.826. The highest BCUT2D eigenvalue weighted by Gasteiger charge is 2.22. The first kappa shape index (κ1) is 12.7. The zero-order valence-electron chi connectivity index (χ0n) is 11.0. The van der Waals surface area contributed by atoms with Crippen LogP contribution in [-0.4, -0.2) is 27.7 Å². The SMILES string of the molecule is Clc1ccc(-c2nc3n(c2-c2ccncc2)NCCN3)s1. The lowest BCUT2D eigenvalue weighted by atomic mass is 10.1. The molecule has 3 aromatic rings. The molecule has 0 unspecified atom stereocenters. The summed E-state index contributed by atoms with van der Waals surface area (Å²) >= 11 is 7.61. The molecule has 0 radical (unpaired) electrons. The van der Waals surface area contributed by atoms with Crippen molar-refractivity contribution in [1.82, 2.24) is 14.6 Å². The molecule has 0 atom stereocenters. The number of hydrogen-bond acceptors (Lipinski definition) is 5. The molecule has 5 nitrogen and oxygen atoms in total. The number of rotatable bonds is 2. The molecule has 0 fully saturated rings. The number of hydrogen-bond donors (Lipinski definition) is 2. The fourth-order valence-electron chi connectivity index (χ4n) is 2.42. The van der Waals surface area contributed by atoms with Crippen LogP contribution in [0.15, 0.2) is 36.7 Å². The van der Waals surface area contributed by atoms with Crippen LogP contribution in [-0.2, 0) is 0 Å². The van der Waals surface area contributed by atoms with E-state index in [4.69, 9.17) is 16.6 Å². The van der Waals surface area contributed by atoms with E-state index in [1.54, 1.807) is 12.4 Å². The summed E-state index contributed by atoms with van der Waals surface area (Å²) in [6, 6.07) is 7.88. The van der Waals surface area contributed by atoms with E-state index in [-0.39, 0.29) is 0 Å². The van der Waals surface area contributed by atoms with Crippen molar-refractivity contribution >= 4 is 28.9 Å². The topological polar surface area (TPSA) is 54.8 Å². The maximum absolute atomic E-state index is 6.08. The molecule has 2 N–H and O–H groups in total. The lowest BCUT2D eigenvalue weighted by Gasteiger charge is -2.20. The Kier molecular flexibility index (Phi) is 3.05. The second-order valence-corrected chi connectivity index (χ2v) is 6.36. The van der Waals surface area contributed by atoms with Crippen molar-refractivity contribution in [1.29, 1.82) is 0 Å². The van der Waals surface area contributed by atoms with Crippen molar-refractivity contribution in [3.8, 4) is 21.8 Å². The monoisotopic (exact) mass is 317 g/mol. The van der Waals surface area contributed by atoms with Crippen molar-refractivity contribution in [3.63, 3.8) is 0 Å². The Labute approximate surface area is 130 Å². The van der Waals surface area contributed by atoms with Crippen LogP contribution in [0.1, 0.15) is 0 Å². The molecule has 3 aromatic heterocycles. The van der Waals surface area contributed by atoms with Gasteiger partial charge in [0, 0.05) is 31.0 Å². The highest BCUT2D eigenvalue weighted by atomic mass is 35.5. The summed E-state index contributed by atoms with van der Waals surface area (Å²) in [7, 11) is 0. The molecule has 1 aliphatic rings. The summed E-state index contributed by atoms with van der Waals surface area (Å²) in [6.07, 6.45) is 3.58. The molecular weight excluding hydrogens is 306 g/mol. The molecule has 1 aliphatic heterocycles. The minimum Gasteiger partial charge on any atom is -0.352 e. The van der Waals surface area contributed by atoms with Crippen LogP contribution in [0.5, 0.6) is 0 Å². The third-order valence-corrected chi connectivity index (χ3v) is 4.55. The quantitative estimate of drug-likeness (QED) is 0.761. The van der Waals surface area contributed by atoms with E-state index < -0.39 is 0 Å². The normalized spacial score (nSPS) is 13.4. The highest BCUT2D eigenvalue weighted by Crippen LogP contribution is 2.38. The van der Waals surface area contributed by atoms with Gasteiger partial charge in [0.2, 0.25) is 5.95 Å². The Morgan fingerprint density at radius 2 is 2.00 bits per heavy atom. The Balaban J connectivity index is 1.96. The van der Waals surface area contributed by atoms with Gasteiger partial charge in [-0.2, -0.15) is 0 Å². The second-order valence-electron chi connectivity index (χ2n) is 4.64. The van der Waals surface area contributed by atoms with E-state index in [9.17, 15) is 0 Å². The molecule has 0 saturated heterocycles. The van der Waals surface area contributed by atoms with Gasteiger partial charge in [-0.3, -0.25) is 4.98 Å². The summed E-state index contributed by atoms with van der Waals surface area (Å²) in [4.78, 5) is 9.87. The number of thiophene rings is 1. The van der Waals surface area contributed by atoms with Gasteiger partial charge in [-0.15, -0.1) is 11.3 Å². The van der Waals surface area contributed by atoms with Crippen molar-refractivity contribution in [2.45, 2.75) is 0 Å². The Morgan fingerprint density at radius 1 is 1.14 bits per heavy atom. The number of fused-ring (bicyclic) bond motifs is 1. The standard InChI is InChI=1S/C14H12ClN5S/c15-11-2-1-10(21-11)12-13(9-3-5-16-6-4-9)20-14(19-12)17-7-8-18-20/h1-6,18H,7-8H2,(H,17,19). The van der Waals surface area contributed by atoms with Gasteiger partial charge in [0.25, 0.3) is 0 Å². The molecule has 21 heavy (non-hydrogen) atoms. The van der Waals surface area contributed by atoms with E-state index in [1.165, 1.54) is 11.3 Å². The maximum Gasteiger partial charge on any atom is 0.223 e. The Morgan fingerprint density at radius 3 is 2.76 bits per heavy atom. The molecule has 4 rings (SSSR count). The van der Waals surface area contributed by atoms with Crippen LogP contribution in [0, 0.1) is 0 Å². The van der Waals surface area contributed by atoms with Gasteiger partial charge in [-0.1, -0.05) is 11.6 Å². The minimum atomic E-state index is 0.762. The molecule has 0 bridgehead atoms. The van der Waals surface area contributed by atoms with Crippen LogP contribution in [0.3, 0.4) is 0 Å². The van der Waals surface area contributed by atoms with Gasteiger partial charge >= 0.3 is 0 Å². The van der Waals surface area contributed by atoms with Gasteiger partial charge < -0.3 is 10.7 Å². The van der Waals surface area contributed by atoms with E-state index in [0.29, 0.717) is 0 Å². The predicted molar refractivity (Wildman–Crippen MR) is 86.5 cm³/mol. The van der Waals surface area contributed by atoms with Gasteiger partial charge in [0.15, 0.2) is 0 Å². The van der Waals surface area contributed by atoms with Crippen molar-refractivity contribution < 1.29 is 0 Å². The average molecular weight is 318 g/mol. The van der Waals surface area contributed by atoms with Gasteiger partial charge in [-0.25, -0.2) is 9.66 Å². The number of imidazole rings is 1. The molecule has 0 saturated carbocycles.